The molecular weight excluding hydrogens is 532 g/mol. The van der Waals surface area contributed by atoms with E-state index in [-0.39, 0.29) is 24.6 Å². The van der Waals surface area contributed by atoms with Crippen molar-refractivity contribution in [2.24, 2.45) is 0 Å². The molecule has 0 aliphatic rings. The van der Waals surface area contributed by atoms with Crippen LogP contribution < -0.4 is 14.9 Å². The number of allylic oxidation sites excluding steroid dienone is 1. The summed E-state index contributed by atoms with van der Waals surface area (Å²) in [5, 5.41) is 4.03. The lowest BCUT2D eigenvalue weighted by molar-refractivity contribution is -0.115. The average Bonchev–Trinajstić information content (AvgIpc) is 2.88. The highest BCUT2D eigenvalue weighted by Crippen LogP contribution is 2.35. The van der Waals surface area contributed by atoms with E-state index in [2.05, 4.69) is 17.0 Å². The lowest BCUT2D eigenvalue weighted by atomic mass is 10.1. The number of hydrogen-bond acceptors (Lipinski definition) is 8. The molecule has 0 atom stereocenters. The smallest absolute Gasteiger partial charge is 0.407 e. The van der Waals surface area contributed by atoms with E-state index >= 15 is 0 Å². The molecule has 0 aliphatic heterocycles. The third-order valence-corrected chi connectivity index (χ3v) is 9.79. The van der Waals surface area contributed by atoms with Crippen molar-refractivity contribution in [3.05, 3.63) is 47.0 Å². The summed E-state index contributed by atoms with van der Waals surface area (Å²) in [7, 11) is 4.97. The minimum atomic E-state index is -3.79. The molecule has 0 unspecified atom stereocenters. The van der Waals surface area contributed by atoms with Gasteiger partial charge in [0.1, 0.15) is 0 Å². The Labute approximate surface area is 227 Å². The number of anilines is 1. The summed E-state index contributed by atoms with van der Waals surface area (Å²) in [6.07, 6.45) is 1.62. The Bertz CT molecular complexity index is 1200. The van der Waals surface area contributed by atoms with Gasteiger partial charge < -0.3 is 19.9 Å². The zero-order valence-corrected chi connectivity index (χ0v) is 24.4. The van der Waals surface area contributed by atoms with Gasteiger partial charge in [0.2, 0.25) is 16.4 Å². The van der Waals surface area contributed by atoms with Gasteiger partial charge in [0.25, 0.3) is 0 Å². The first-order valence-electron chi connectivity index (χ1n) is 11.9. The maximum atomic E-state index is 13.0. The number of hydrogen-bond donors (Lipinski definition) is 2. The fraction of sp³-hybridized carbons (Fsp3) is 0.440. The van der Waals surface area contributed by atoms with Gasteiger partial charge in [-0.2, -0.15) is 0 Å². The monoisotopic (exact) mass is 568 g/mol. The van der Waals surface area contributed by atoms with Gasteiger partial charge in [-0.05, 0) is 25.5 Å². The topological polar surface area (TPSA) is 108 Å². The molecule has 2 N–H and O–H groups in total. The number of ether oxygens (including phenoxy) is 1. The van der Waals surface area contributed by atoms with E-state index in [1.807, 2.05) is 44.1 Å². The molecule has 12 heteroatoms. The fourth-order valence-electron chi connectivity index (χ4n) is 3.36. The Morgan fingerprint density at radius 3 is 2.46 bits per heavy atom. The molecule has 0 fully saturated rings. The zero-order chi connectivity index (χ0) is 27.4. The van der Waals surface area contributed by atoms with Crippen LogP contribution in [-0.2, 0) is 19.6 Å². The SMILES string of the molecule is CCCSSC(CCOC(=O)NCCNS(=O)(=O)c1cccc2c(N(C)C)cccc12)=C(C)N(C)C=O. The standard InChI is InChI=1S/C25H36N4O5S3/c1-6-17-35-36-23(19(2)29(5)18-30)13-16-34-25(31)26-14-15-27-37(32,33)24-12-8-9-20-21(24)10-7-11-22(20)28(3)4/h7-12,18,27H,6,13-17H2,1-5H3,(H,26,31). The van der Waals surface area contributed by atoms with E-state index in [1.165, 1.54) is 4.90 Å². The number of nitrogens with zero attached hydrogens (tertiary/aromatic N) is 2. The van der Waals surface area contributed by atoms with Gasteiger partial charge in [-0.15, -0.1) is 0 Å². The first-order chi connectivity index (χ1) is 17.6. The number of alkyl carbamates (subject to hydrolysis) is 1. The predicted molar refractivity (Wildman–Crippen MR) is 154 cm³/mol. The van der Waals surface area contributed by atoms with Crippen molar-refractivity contribution in [3.8, 4) is 0 Å². The van der Waals surface area contributed by atoms with Crippen LogP contribution in [0.25, 0.3) is 10.8 Å². The van der Waals surface area contributed by atoms with Gasteiger partial charge in [-0.1, -0.05) is 52.8 Å². The Hall–Kier alpha value is -2.41. The first kappa shape index (κ1) is 30.8. The molecule has 2 aromatic carbocycles. The molecule has 0 heterocycles. The summed E-state index contributed by atoms with van der Waals surface area (Å²) in [5.74, 6) is 0.971. The van der Waals surface area contributed by atoms with Crippen molar-refractivity contribution in [2.75, 3.05) is 51.5 Å². The molecule has 0 radical (unpaired) electrons. The number of amides is 2. The van der Waals surface area contributed by atoms with Gasteiger partial charge in [0, 0.05) is 73.5 Å². The molecule has 9 nitrogen and oxygen atoms in total. The highest BCUT2D eigenvalue weighted by atomic mass is 33.1. The van der Waals surface area contributed by atoms with Crippen LogP contribution in [0, 0.1) is 0 Å². The third-order valence-electron chi connectivity index (χ3n) is 5.42. The number of fused-ring (bicyclic) bond motifs is 1. The van der Waals surface area contributed by atoms with Crippen LogP contribution in [0.5, 0.6) is 0 Å². The van der Waals surface area contributed by atoms with Crippen molar-refractivity contribution in [2.45, 2.75) is 31.6 Å². The Morgan fingerprint density at radius 2 is 1.78 bits per heavy atom. The van der Waals surface area contributed by atoms with Crippen molar-refractivity contribution in [1.82, 2.24) is 14.9 Å². The molecule has 0 aliphatic carbocycles. The van der Waals surface area contributed by atoms with E-state index in [9.17, 15) is 18.0 Å². The van der Waals surface area contributed by atoms with E-state index in [0.717, 1.165) is 40.3 Å². The number of nitrogens with one attached hydrogen (secondary N) is 2. The molecule has 2 aromatic rings. The van der Waals surface area contributed by atoms with E-state index < -0.39 is 16.1 Å². The van der Waals surface area contributed by atoms with Crippen LogP contribution >= 0.6 is 21.6 Å². The van der Waals surface area contributed by atoms with Crippen LogP contribution in [0.2, 0.25) is 0 Å². The van der Waals surface area contributed by atoms with E-state index in [0.29, 0.717) is 11.8 Å². The quantitative estimate of drug-likeness (QED) is 0.185. The van der Waals surface area contributed by atoms with Crippen LogP contribution in [-0.4, -0.2) is 72.4 Å². The summed E-state index contributed by atoms with van der Waals surface area (Å²) < 4.78 is 33.7. The first-order valence-corrected chi connectivity index (χ1v) is 15.7. The highest BCUT2D eigenvalue weighted by molar-refractivity contribution is 8.78. The van der Waals surface area contributed by atoms with Gasteiger partial charge >= 0.3 is 6.09 Å². The van der Waals surface area contributed by atoms with Crippen LogP contribution in [0.4, 0.5) is 10.5 Å². The van der Waals surface area contributed by atoms with E-state index in [4.69, 9.17) is 4.74 Å². The Kier molecular flexibility index (Phi) is 12.6. The molecule has 204 valence electrons. The van der Waals surface area contributed by atoms with Gasteiger partial charge in [-0.3, -0.25) is 4.79 Å². The summed E-state index contributed by atoms with van der Waals surface area (Å²) in [6, 6.07) is 10.7. The second-order valence-electron chi connectivity index (χ2n) is 8.36. The number of carbonyl (C=O) groups excluding carboxylic acids is 2. The molecule has 37 heavy (non-hydrogen) atoms. The molecule has 0 aromatic heterocycles. The predicted octanol–water partition coefficient (Wildman–Crippen LogP) is 4.41. The van der Waals surface area contributed by atoms with Gasteiger partial charge in [0.15, 0.2) is 0 Å². The number of rotatable bonds is 15. The van der Waals surface area contributed by atoms with Crippen LogP contribution in [0.15, 0.2) is 51.9 Å². The number of sulfonamides is 1. The molecular formula is C25H36N4O5S3. The summed E-state index contributed by atoms with van der Waals surface area (Å²) in [4.78, 5) is 27.8. The normalized spacial score (nSPS) is 12.1. The van der Waals surface area contributed by atoms with Crippen molar-refractivity contribution in [1.29, 1.82) is 0 Å². The molecule has 2 rings (SSSR count). The van der Waals surface area contributed by atoms with Crippen molar-refractivity contribution in [3.63, 3.8) is 0 Å². The van der Waals surface area contributed by atoms with E-state index in [1.54, 1.807) is 46.8 Å². The fourth-order valence-corrected chi connectivity index (χ4v) is 7.22. The van der Waals surface area contributed by atoms with Crippen molar-refractivity contribution < 1.29 is 22.7 Å². The maximum Gasteiger partial charge on any atom is 0.407 e. The van der Waals surface area contributed by atoms with Crippen LogP contribution in [0.3, 0.4) is 0 Å². The van der Waals surface area contributed by atoms with Crippen LogP contribution in [0.1, 0.15) is 26.7 Å². The van der Waals surface area contributed by atoms with Gasteiger partial charge in [-0.25, -0.2) is 17.9 Å². The van der Waals surface area contributed by atoms with Crippen molar-refractivity contribution >= 4 is 60.6 Å². The Balaban J connectivity index is 1.89. The molecule has 0 bridgehead atoms. The molecule has 2 amide bonds. The maximum absolute atomic E-state index is 13.0. The minimum Gasteiger partial charge on any atom is -0.449 e. The summed E-state index contributed by atoms with van der Waals surface area (Å²) in [5.41, 5.74) is 1.74. The van der Waals surface area contributed by atoms with Gasteiger partial charge in [0.05, 0.1) is 11.5 Å². The minimum absolute atomic E-state index is 0.0130. The Morgan fingerprint density at radius 1 is 1.08 bits per heavy atom. The summed E-state index contributed by atoms with van der Waals surface area (Å²) in [6.45, 7) is 4.17. The number of benzene rings is 2. The zero-order valence-electron chi connectivity index (χ0n) is 21.9. The lowest BCUT2D eigenvalue weighted by Crippen LogP contribution is -2.35. The molecule has 0 spiro atoms. The second kappa shape index (κ2) is 15.1. The average molecular weight is 569 g/mol. The highest BCUT2D eigenvalue weighted by Gasteiger charge is 2.18. The molecule has 0 saturated carbocycles. The third kappa shape index (κ3) is 9.13. The largest absolute Gasteiger partial charge is 0.449 e. The lowest BCUT2D eigenvalue weighted by Gasteiger charge is -2.17. The molecule has 0 saturated heterocycles. The number of carbonyl (C=O) groups is 2. The summed E-state index contributed by atoms with van der Waals surface area (Å²) >= 11 is 0. The second-order valence-corrected chi connectivity index (χ2v) is 12.6.